The Labute approximate surface area is 147 Å². The van der Waals surface area contributed by atoms with E-state index in [4.69, 9.17) is 0 Å². The zero-order chi connectivity index (χ0) is 21.6. The van der Waals surface area contributed by atoms with Crippen molar-refractivity contribution in [3.8, 4) is 0 Å². The number of hydrogen-bond acceptors (Lipinski definition) is 3. The molecule has 1 rings (SSSR count). The van der Waals surface area contributed by atoms with Crippen LogP contribution in [0.25, 0.3) is 0 Å². The molecule has 2 nitrogen and oxygen atoms in total. The number of thioether (sulfide) groups is 1. The average Bonchev–Trinajstić information content (AvgIpc) is 2.53. The lowest BCUT2D eigenvalue weighted by molar-refractivity contribution is -0.413. The van der Waals surface area contributed by atoms with Gasteiger partial charge in [-0.1, -0.05) is 0 Å². The third-order valence-corrected chi connectivity index (χ3v) is 5.20. The van der Waals surface area contributed by atoms with Crippen molar-refractivity contribution in [2.24, 2.45) is 0 Å². The normalized spacial score (nSPS) is 23.9. The van der Waals surface area contributed by atoms with Gasteiger partial charge in [0.15, 0.2) is 0 Å². The van der Waals surface area contributed by atoms with Gasteiger partial charge in [-0.05, 0) is 0 Å². The van der Waals surface area contributed by atoms with Gasteiger partial charge in [-0.25, -0.2) is 8.78 Å². The number of rotatable bonds is 7. The molecule has 0 aliphatic carbocycles. The molecule has 2 atom stereocenters. The zero-order valence-corrected chi connectivity index (χ0v) is 13.7. The van der Waals surface area contributed by atoms with E-state index in [1.165, 1.54) is 0 Å². The second kappa shape index (κ2) is 7.19. The summed E-state index contributed by atoms with van der Waals surface area (Å²) in [7, 11) is 0.628. The maximum atomic E-state index is 14.1. The van der Waals surface area contributed by atoms with E-state index < -0.39 is 65.3 Å². The summed E-state index contributed by atoms with van der Waals surface area (Å²) in [4.78, 5) is 11.1. The van der Waals surface area contributed by atoms with Crippen molar-refractivity contribution in [2.45, 2.75) is 53.8 Å². The number of ether oxygens (including phenoxy) is 1. The highest BCUT2D eigenvalue weighted by molar-refractivity contribution is 8.00. The summed E-state index contributed by atoms with van der Waals surface area (Å²) in [6.07, 6.45) is -8.65. The van der Waals surface area contributed by atoms with E-state index >= 15 is 0 Å². The largest absolute Gasteiger partial charge is 0.384 e. The monoisotopic (exact) mass is 446 g/mol. The molecular weight excluding hydrogens is 436 g/mol. The van der Waals surface area contributed by atoms with E-state index in [0.717, 1.165) is 0 Å². The van der Waals surface area contributed by atoms with Crippen LogP contribution < -0.4 is 0 Å². The Kier molecular flexibility index (Phi) is 6.44. The number of ketones is 1. The van der Waals surface area contributed by atoms with Gasteiger partial charge in [-0.2, -0.15) is 43.9 Å². The molecule has 160 valence electrons. The first-order valence-corrected chi connectivity index (χ1v) is 7.77. The number of methoxy groups -OCH3 is 1. The maximum Gasteiger partial charge on any atom is 0.384 e. The van der Waals surface area contributed by atoms with Gasteiger partial charge in [0, 0.05) is 13.5 Å². The smallest absolute Gasteiger partial charge is 0.380 e. The predicted octanol–water partition coefficient (Wildman–Crippen LogP) is 4.52. The Morgan fingerprint density at radius 3 is 1.81 bits per heavy atom. The summed E-state index contributed by atoms with van der Waals surface area (Å²) in [6.45, 7) is 0. The Bertz CT molecular complexity index is 565. The Morgan fingerprint density at radius 2 is 1.41 bits per heavy atom. The molecule has 0 aromatic heterocycles. The summed E-state index contributed by atoms with van der Waals surface area (Å²) in [6, 6.07) is 0. The Balaban J connectivity index is 3.42. The third kappa shape index (κ3) is 3.49. The van der Waals surface area contributed by atoms with Crippen molar-refractivity contribution in [3.63, 3.8) is 0 Å². The zero-order valence-electron chi connectivity index (χ0n) is 12.9. The highest BCUT2D eigenvalue weighted by Gasteiger charge is 2.88. The third-order valence-electron chi connectivity index (χ3n) is 3.75. The number of carbonyl (C=O) groups is 1. The topological polar surface area (TPSA) is 26.3 Å². The second-order valence-corrected chi connectivity index (χ2v) is 6.65. The molecule has 0 aromatic carbocycles. The summed E-state index contributed by atoms with van der Waals surface area (Å²) < 4.78 is 163. The van der Waals surface area contributed by atoms with Crippen LogP contribution >= 0.6 is 11.8 Å². The molecule has 0 N–H and O–H groups in total. The summed E-state index contributed by atoms with van der Waals surface area (Å²) in [5.41, 5.74) is 0. The fourth-order valence-electron chi connectivity index (χ4n) is 2.16. The van der Waals surface area contributed by atoms with Crippen LogP contribution in [0, 0.1) is 0 Å². The quantitative estimate of drug-likeness (QED) is 0.539. The van der Waals surface area contributed by atoms with Crippen LogP contribution in [0.2, 0.25) is 0 Å². The van der Waals surface area contributed by atoms with E-state index in [1.54, 1.807) is 0 Å². The van der Waals surface area contributed by atoms with Gasteiger partial charge >= 0.3 is 36.0 Å². The molecule has 15 heteroatoms. The highest BCUT2D eigenvalue weighted by atomic mass is 32.2. The van der Waals surface area contributed by atoms with E-state index in [1.807, 2.05) is 0 Å². The second-order valence-electron chi connectivity index (χ2n) is 5.52. The van der Waals surface area contributed by atoms with E-state index in [0.29, 0.717) is 7.11 Å². The molecule has 0 aromatic rings. The van der Waals surface area contributed by atoms with Crippen molar-refractivity contribution in [2.75, 3.05) is 12.9 Å². The van der Waals surface area contributed by atoms with Gasteiger partial charge in [-0.3, -0.25) is 4.79 Å². The average molecular weight is 446 g/mol. The van der Waals surface area contributed by atoms with Gasteiger partial charge in [0.1, 0.15) is 11.0 Å². The van der Waals surface area contributed by atoms with Crippen LogP contribution in [0.3, 0.4) is 0 Å². The molecule has 1 aliphatic heterocycles. The van der Waals surface area contributed by atoms with Gasteiger partial charge in [-0.15, -0.1) is 11.8 Å². The van der Waals surface area contributed by atoms with Crippen LogP contribution in [-0.2, 0) is 9.53 Å². The minimum absolute atomic E-state index is 0.340. The highest BCUT2D eigenvalue weighted by Crippen LogP contribution is 2.60. The Morgan fingerprint density at radius 1 is 0.926 bits per heavy atom. The van der Waals surface area contributed by atoms with Crippen LogP contribution in [-0.4, -0.2) is 66.0 Å². The van der Waals surface area contributed by atoms with Gasteiger partial charge in [0.2, 0.25) is 0 Å². The molecule has 1 fully saturated rings. The molecule has 0 saturated carbocycles. The van der Waals surface area contributed by atoms with E-state index in [2.05, 4.69) is 4.74 Å². The van der Waals surface area contributed by atoms with Gasteiger partial charge in [0.05, 0.1) is 11.9 Å². The minimum Gasteiger partial charge on any atom is -0.380 e. The van der Waals surface area contributed by atoms with Gasteiger partial charge in [0.25, 0.3) is 0 Å². The molecule has 27 heavy (non-hydrogen) atoms. The van der Waals surface area contributed by atoms with Crippen molar-refractivity contribution in [3.05, 3.63) is 0 Å². The molecule has 1 aliphatic rings. The van der Waals surface area contributed by atoms with Crippen LogP contribution in [0.1, 0.15) is 6.42 Å². The lowest BCUT2D eigenvalue weighted by atomic mass is 9.90. The first-order chi connectivity index (χ1) is 11.9. The summed E-state index contributed by atoms with van der Waals surface area (Å²) in [5.74, 6) is -37.2. The molecule has 1 heterocycles. The number of Topliss-reactive ketones (excluding diaryl/α,β-unsaturated/α-hetero) is 1. The fraction of sp³-hybridized carbons (Fsp3) is 0.917. The number of carbonyl (C=O) groups excluding carboxylic acids is 1. The summed E-state index contributed by atoms with van der Waals surface area (Å²) in [5, 5.41) is -3.02. The van der Waals surface area contributed by atoms with E-state index in [9.17, 15) is 57.5 Å². The van der Waals surface area contributed by atoms with Gasteiger partial charge < -0.3 is 4.74 Å². The van der Waals surface area contributed by atoms with Crippen molar-refractivity contribution in [1.82, 2.24) is 0 Å². The molecule has 0 spiro atoms. The molecule has 0 bridgehead atoms. The standard InChI is InChI=1S/C12H10F12O2S/c1-26-5-2-4(25)3-27-6(5)8(15,16)10(19,20)12(23,24)11(21,22)9(17,18)7(13)14/h5-7H,2-3H2,1H3. The minimum atomic E-state index is -7.58. The maximum absolute atomic E-state index is 14.1. The SMILES string of the molecule is COC1CC(=O)CSC1C(F)(F)C(F)(F)C(F)(F)C(F)(F)C(F)(F)C(F)F. The number of hydrogen-bond donors (Lipinski definition) is 0. The first-order valence-electron chi connectivity index (χ1n) is 6.72. The number of alkyl halides is 12. The van der Waals surface area contributed by atoms with E-state index in [-0.39, 0.29) is 11.8 Å². The van der Waals surface area contributed by atoms with Crippen LogP contribution in [0.15, 0.2) is 0 Å². The van der Waals surface area contributed by atoms with Crippen molar-refractivity contribution in [1.29, 1.82) is 0 Å². The first kappa shape index (κ1) is 24.2. The molecule has 0 radical (unpaired) electrons. The fourth-order valence-corrected chi connectivity index (χ4v) is 3.42. The predicted molar refractivity (Wildman–Crippen MR) is 67.4 cm³/mol. The lowest BCUT2D eigenvalue weighted by Crippen LogP contribution is -2.71. The van der Waals surface area contributed by atoms with Crippen molar-refractivity contribution < 1.29 is 62.2 Å². The Hall–Kier alpha value is -0.860. The van der Waals surface area contributed by atoms with Crippen LogP contribution in [0.4, 0.5) is 52.7 Å². The van der Waals surface area contributed by atoms with Crippen molar-refractivity contribution >= 4 is 17.5 Å². The summed E-state index contributed by atoms with van der Waals surface area (Å²) >= 11 is -0.340. The molecule has 0 amide bonds. The lowest BCUT2D eigenvalue weighted by Gasteiger charge is -2.43. The molecule has 2 unspecified atom stereocenters. The van der Waals surface area contributed by atoms with Crippen LogP contribution in [0.5, 0.6) is 0 Å². The number of halogens is 12. The molecular formula is C12H10F12O2S. The molecule has 1 saturated heterocycles.